The van der Waals surface area contributed by atoms with Gasteiger partial charge in [-0.05, 0) is 77.6 Å². The molecular formula is C28H26NNaO5. The van der Waals surface area contributed by atoms with Crippen molar-refractivity contribution in [2.45, 2.75) is 44.9 Å². The van der Waals surface area contributed by atoms with Crippen molar-refractivity contribution in [1.82, 2.24) is 4.90 Å². The topological polar surface area (TPSA) is 78.9 Å². The van der Waals surface area contributed by atoms with Gasteiger partial charge in [0.2, 0.25) is 0 Å². The molecule has 1 heterocycles. The number of benzene rings is 3. The Kier molecular flexibility index (Phi) is 7.85. The van der Waals surface area contributed by atoms with Crippen molar-refractivity contribution in [2.24, 2.45) is 0 Å². The van der Waals surface area contributed by atoms with Gasteiger partial charge in [0.15, 0.2) is 0 Å². The van der Waals surface area contributed by atoms with Gasteiger partial charge >= 0.3 is 29.6 Å². The summed E-state index contributed by atoms with van der Waals surface area (Å²) >= 11 is 0. The van der Waals surface area contributed by atoms with E-state index in [1.165, 1.54) is 18.9 Å². The SMILES string of the molecule is COc1ccc(C(=O)[O-])cc1-c1cccc(COc2ccc3c(c2)CN(C2CCCC2)C3=O)c1.[Na+]. The second kappa shape index (κ2) is 10.9. The van der Waals surface area contributed by atoms with Gasteiger partial charge in [0.25, 0.3) is 5.91 Å². The van der Waals surface area contributed by atoms with Crippen molar-refractivity contribution in [1.29, 1.82) is 0 Å². The molecule has 1 amide bonds. The average Bonchev–Trinajstić information content (AvgIpc) is 3.50. The van der Waals surface area contributed by atoms with Crippen molar-refractivity contribution in [3.05, 3.63) is 82.9 Å². The van der Waals surface area contributed by atoms with Gasteiger partial charge in [0.05, 0.1) is 13.1 Å². The summed E-state index contributed by atoms with van der Waals surface area (Å²) in [5, 5.41) is 11.3. The van der Waals surface area contributed by atoms with E-state index in [1.54, 1.807) is 19.2 Å². The van der Waals surface area contributed by atoms with Crippen LogP contribution in [0.25, 0.3) is 11.1 Å². The minimum atomic E-state index is -1.23. The van der Waals surface area contributed by atoms with Crippen molar-refractivity contribution in [3.63, 3.8) is 0 Å². The predicted molar refractivity (Wildman–Crippen MR) is 126 cm³/mol. The van der Waals surface area contributed by atoms with E-state index in [0.717, 1.165) is 40.8 Å². The Hall–Kier alpha value is -2.80. The fourth-order valence-corrected chi connectivity index (χ4v) is 4.98. The number of carbonyl (C=O) groups excluding carboxylic acids is 2. The van der Waals surface area contributed by atoms with Gasteiger partial charge in [-0.1, -0.05) is 31.0 Å². The number of carboxylic acid groups (broad SMARTS) is 1. The maximum atomic E-state index is 12.8. The van der Waals surface area contributed by atoms with Crippen LogP contribution in [0.2, 0.25) is 0 Å². The molecule has 1 fully saturated rings. The van der Waals surface area contributed by atoms with E-state index in [-0.39, 0.29) is 41.0 Å². The van der Waals surface area contributed by atoms with Crippen LogP contribution in [0.5, 0.6) is 11.5 Å². The summed E-state index contributed by atoms with van der Waals surface area (Å²) in [4.78, 5) is 26.1. The average molecular weight is 480 g/mol. The second-order valence-electron chi connectivity index (χ2n) is 8.88. The van der Waals surface area contributed by atoms with Gasteiger partial charge in [-0.25, -0.2) is 0 Å². The van der Waals surface area contributed by atoms with Crippen LogP contribution in [-0.4, -0.2) is 29.9 Å². The maximum absolute atomic E-state index is 12.8. The van der Waals surface area contributed by atoms with Crippen LogP contribution < -0.4 is 44.1 Å². The molecule has 0 spiro atoms. The number of hydrogen-bond donors (Lipinski definition) is 0. The Morgan fingerprint density at radius 2 is 1.83 bits per heavy atom. The Bertz CT molecular complexity index is 1250. The molecule has 174 valence electrons. The van der Waals surface area contributed by atoms with E-state index in [9.17, 15) is 14.7 Å². The summed E-state index contributed by atoms with van der Waals surface area (Å²) in [6.45, 7) is 0.996. The second-order valence-corrected chi connectivity index (χ2v) is 8.88. The fraction of sp³-hybridized carbons (Fsp3) is 0.286. The molecule has 1 aliphatic carbocycles. The number of ether oxygens (including phenoxy) is 2. The summed E-state index contributed by atoms with van der Waals surface area (Å²) in [6.07, 6.45) is 4.58. The van der Waals surface area contributed by atoms with Crippen LogP contribution in [0.4, 0.5) is 0 Å². The van der Waals surface area contributed by atoms with E-state index < -0.39 is 5.97 Å². The zero-order valence-corrected chi connectivity index (χ0v) is 22.1. The van der Waals surface area contributed by atoms with Gasteiger partial charge < -0.3 is 24.3 Å². The predicted octanol–water partition coefficient (Wildman–Crippen LogP) is 1.21. The molecule has 0 saturated heterocycles. The zero-order valence-electron chi connectivity index (χ0n) is 20.1. The molecule has 1 saturated carbocycles. The molecule has 0 unspecified atom stereocenters. The summed E-state index contributed by atoms with van der Waals surface area (Å²) in [5.41, 5.74) is 4.33. The molecule has 2 aliphatic rings. The van der Waals surface area contributed by atoms with Crippen LogP contribution in [0, 0.1) is 0 Å². The van der Waals surface area contributed by atoms with Crippen molar-refractivity contribution >= 4 is 11.9 Å². The Balaban J connectivity index is 0.00000289. The Labute approximate surface area is 227 Å². The van der Waals surface area contributed by atoms with Crippen LogP contribution in [-0.2, 0) is 13.2 Å². The van der Waals surface area contributed by atoms with Gasteiger partial charge in [0, 0.05) is 23.7 Å². The van der Waals surface area contributed by atoms with Gasteiger partial charge in [-0.3, -0.25) is 4.79 Å². The van der Waals surface area contributed by atoms with E-state index in [0.29, 0.717) is 30.5 Å². The van der Waals surface area contributed by atoms with E-state index in [2.05, 4.69) is 0 Å². The van der Waals surface area contributed by atoms with Gasteiger partial charge in [-0.2, -0.15) is 0 Å². The molecule has 1 aliphatic heterocycles. The smallest absolute Gasteiger partial charge is 0.545 e. The number of carbonyl (C=O) groups is 2. The molecule has 3 aromatic rings. The van der Waals surface area contributed by atoms with E-state index in [1.807, 2.05) is 47.4 Å². The standard InChI is InChI=1S/C28H27NO5.Na/c1-33-26-12-9-20(28(31)32)15-25(26)19-6-4-5-18(13-19)17-34-23-10-11-24-21(14-23)16-29(27(24)30)22-7-2-3-8-22;/h4-6,9-15,22H,2-3,7-8,16-17H2,1H3,(H,31,32);/q;+1/p-1. The maximum Gasteiger partial charge on any atom is 1.00 e. The summed E-state index contributed by atoms with van der Waals surface area (Å²) in [7, 11) is 1.55. The first-order valence-electron chi connectivity index (χ1n) is 11.6. The van der Waals surface area contributed by atoms with Crippen LogP contribution in [0.1, 0.15) is 57.5 Å². The van der Waals surface area contributed by atoms with E-state index in [4.69, 9.17) is 9.47 Å². The molecule has 6 nitrogen and oxygen atoms in total. The van der Waals surface area contributed by atoms with Crippen molar-refractivity contribution in [3.8, 4) is 22.6 Å². The number of carboxylic acids is 1. The minimum Gasteiger partial charge on any atom is -0.545 e. The molecule has 0 aromatic heterocycles. The summed E-state index contributed by atoms with van der Waals surface area (Å²) < 4.78 is 11.5. The first-order valence-corrected chi connectivity index (χ1v) is 11.6. The molecular weight excluding hydrogens is 453 g/mol. The van der Waals surface area contributed by atoms with Gasteiger partial charge in [0.1, 0.15) is 18.1 Å². The number of rotatable bonds is 7. The van der Waals surface area contributed by atoms with Crippen LogP contribution in [0.15, 0.2) is 60.7 Å². The number of methoxy groups -OCH3 is 1. The number of fused-ring (bicyclic) bond motifs is 1. The number of nitrogens with zero attached hydrogens (tertiary/aromatic N) is 1. The van der Waals surface area contributed by atoms with Crippen molar-refractivity contribution < 1.29 is 53.7 Å². The molecule has 3 aromatic carbocycles. The fourth-order valence-electron chi connectivity index (χ4n) is 4.98. The molecule has 0 N–H and O–H groups in total. The molecule has 5 rings (SSSR count). The summed E-state index contributed by atoms with van der Waals surface area (Å²) in [5.74, 6) is 0.207. The number of aromatic carboxylic acids is 1. The van der Waals surface area contributed by atoms with E-state index >= 15 is 0 Å². The third-order valence-corrected chi connectivity index (χ3v) is 6.75. The Morgan fingerprint density at radius 1 is 1.03 bits per heavy atom. The minimum absolute atomic E-state index is 0. The van der Waals surface area contributed by atoms with Crippen LogP contribution in [0.3, 0.4) is 0 Å². The van der Waals surface area contributed by atoms with Crippen molar-refractivity contribution in [2.75, 3.05) is 7.11 Å². The first kappa shape index (κ1) is 25.3. The quantitative estimate of drug-likeness (QED) is 0.476. The first-order chi connectivity index (χ1) is 16.5. The molecule has 35 heavy (non-hydrogen) atoms. The van der Waals surface area contributed by atoms with Crippen LogP contribution >= 0.6 is 0 Å². The number of hydrogen-bond acceptors (Lipinski definition) is 5. The summed E-state index contributed by atoms with van der Waals surface area (Å²) in [6, 6.07) is 18.4. The normalized spacial score (nSPS) is 15.0. The third kappa shape index (κ3) is 5.25. The third-order valence-electron chi connectivity index (χ3n) is 6.75. The Morgan fingerprint density at radius 3 is 2.57 bits per heavy atom. The molecule has 7 heteroatoms. The molecule has 0 bridgehead atoms. The monoisotopic (exact) mass is 479 g/mol. The molecule has 0 radical (unpaired) electrons. The number of amides is 1. The zero-order chi connectivity index (χ0) is 23.7. The largest absolute Gasteiger partial charge is 1.00 e. The molecule has 0 atom stereocenters. The van der Waals surface area contributed by atoms with Gasteiger partial charge in [-0.15, -0.1) is 0 Å².